The predicted molar refractivity (Wildman–Crippen MR) is 119 cm³/mol. The van der Waals surface area contributed by atoms with Crippen molar-refractivity contribution in [3.8, 4) is 0 Å². The zero-order chi connectivity index (χ0) is 27.2. The van der Waals surface area contributed by atoms with Gasteiger partial charge in [-0.3, -0.25) is 9.84 Å². The molecule has 0 aromatic carbocycles. The number of H-pyrrole nitrogens is 1. The molecule has 0 radical (unpaired) electrons. The number of alkyl halides is 6. The Morgan fingerprint density at radius 1 is 1.29 bits per heavy atom. The zero-order valence-electron chi connectivity index (χ0n) is 19.9. The summed E-state index contributed by atoms with van der Waals surface area (Å²) in [5, 5.41) is 16.0. The quantitative estimate of drug-likeness (QED) is 0.339. The highest BCUT2D eigenvalue weighted by molar-refractivity contribution is 5.72. The number of aromatic amines is 1. The Kier molecular flexibility index (Phi) is 6.61. The first-order chi connectivity index (χ1) is 17.9. The molecule has 0 saturated heterocycles. The fraction of sp³-hybridized carbons (Fsp3) is 0.545. The number of carbonyl (C=O) groups is 1. The highest BCUT2D eigenvalue weighted by Crippen LogP contribution is 2.39. The minimum absolute atomic E-state index is 0.0905. The van der Waals surface area contributed by atoms with E-state index in [9.17, 15) is 26.7 Å². The zero-order valence-corrected chi connectivity index (χ0v) is 19.9. The normalized spacial score (nSPS) is 22.7. The average Bonchev–Trinajstić information content (AvgIpc) is 3.19. The van der Waals surface area contributed by atoms with Crippen LogP contribution >= 0.6 is 0 Å². The van der Waals surface area contributed by atoms with E-state index < -0.39 is 49.4 Å². The van der Waals surface area contributed by atoms with Crippen LogP contribution in [0.15, 0.2) is 18.3 Å². The summed E-state index contributed by atoms with van der Waals surface area (Å²) in [6.45, 7) is 0.944. The predicted octanol–water partition coefficient (Wildman–Crippen LogP) is 5.03. The molecule has 0 spiro atoms. The van der Waals surface area contributed by atoms with Crippen molar-refractivity contribution in [3.05, 3.63) is 35.4 Å². The number of halogens is 6. The highest BCUT2D eigenvalue weighted by atomic mass is 19.4. The van der Waals surface area contributed by atoms with Gasteiger partial charge in [0.2, 0.25) is 0 Å². The molecule has 3 heterocycles. The van der Waals surface area contributed by atoms with E-state index in [1.807, 2.05) is 6.92 Å². The van der Waals surface area contributed by atoms with Crippen molar-refractivity contribution in [3.63, 3.8) is 0 Å². The molecule has 2 fully saturated rings. The molecule has 10 nitrogen and oxygen atoms in total. The van der Waals surface area contributed by atoms with E-state index in [2.05, 4.69) is 35.7 Å². The molecule has 0 unspecified atom stereocenters. The van der Waals surface area contributed by atoms with Gasteiger partial charge in [0.1, 0.15) is 30.1 Å². The van der Waals surface area contributed by atoms with Gasteiger partial charge in [-0.15, -0.1) is 13.2 Å². The summed E-state index contributed by atoms with van der Waals surface area (Å²) in [6.07, 6.45) is -7.76. The SMILES string of the molecule is CC1(NC(=O)O[C@@H]2CC[C@H](c3cc(Nc4nc(C(F)F)cn5nc(COC(F)(F)F)cc45)n[nH]3)[C@H]2F)CC1. The molecule has 3 atom stereocenters. The van der Waals surface area contributed by atoms with E-state index in [4.69, 9.17) is 4.74 Å². The number of hydrogen-bond donors (Lipinski definition) is 3. The molecule has 2 saturated carbocycles. The number of aromatic nitrogens is 5. The van der Waals surface area contributed by atoms with Gasteiger partial charge in [-0.25, -0.2) is 27.5 Å². The number of anilines is 2. The number of rotatable bonds is 8. The van der Waals surface area contributed by atoms with Crippen LogP contribution < -0.4 is 10.6 Å². The van der Waals surface area contributed by atoms with E-state index in [1.165, 1.54) is 12.1 Å². The molecule has 1 amide bonds. The summed E-state index contributed by atoms with van der Waals surface area (Å²) in [5.41, 5.74) is -0.672. The van der Waals surface area contributed by atoms with Crippen LogP contribution in [0.2, 0.25) is 0 Å². The smallest absolute Gasteiger partial charge is 0.443 e. The number of fused-ring (bicyclic) bond motifs is 1. The third-order valence-electron chi connectivity index (χ3n) is 6.54. The lowest BCUT2D eigenvalue weighted by Crippen LogP contribution is -2.38. The Morgan fingerprint density at radius 3 is 2.74 bits per heavy atom. The third-order valence-corrected chi connectivity index (χ3v) is 6.54. The summed E-state index contributed by atoms with van der Waals surface area (Å²) in [6, 6.07) is 2.66. The van der Waals surface area contributed by atoms with Gasteiger partial charge in [-0.2, -0.15) is 10.2 Å². The molecule has 3 N–H and O–H groups in total. The van der Waals surface area contributed by atoms with Crippen LogP contribution in [-0.4, -0.2) is 55.1 Å². The lowest BCUT2D eigenvalue weighted by atomic mass is 10.0. The van der Waals surface area contributed by atoms with Crippen LogP contribution in [0.1, 0.15) is 62.0 Å². The van der Waals surface area contributed by atoms with Crippen molar-refractivity contribution >= 4 is 23.2 Å². The second-order valence-corrected chi connectivity index (χ2v) is 9.61. The number of amides is 1. The molecule has 38 heavy (non-hydrogen) atoms. The molecule has 206 valence electrons. The van der Waals surface area contributed by atoms with Crippen LogP contribution in [0, 0.1) is 0 Å². The lowest BCUT2D eigenvalue weighted by Gasteiger charge is -2.19. The first-order valence-corrected chi connectivity index (χ1v) is 11.7. The van der Waals surface area contributed by atoms with E-state index in [0.29, 0.717) is 18.5 Å². The monoisotopic (exact) mass is 547 g/mol. The minimum atomic E-state index is -4.90. The molecule has 16 heteroatoms. The summed E-state index contributed by atoms with van der Waals surface area (Å²) >= 11 is 0. The minimum Gasteiger partial charge on any atom is -0.443 e. The maximum atomic E-state index is 15.1. The van der Waals surface area contributed by atoms with Gasteiger partial charge in [0.15, 0.2) is 11.6 Å². The molecule has 2 aliphatic rings. The molecular formula is C22H23F6N7O3. The van der Waals surface area contributed by atoms with Crippen molar-refractivity contribution in [2.45, 2.75) is 75.7 Å². The number of nitrogens with one attached hydrogen (secondary N) is 3. The maximum absolute atomic E-state index is 15.1. The van der Waals surface area contributed by atoms with Gasteiger partial charge in [-0.05, 0) is 38.7 Å². The lowest BCUT2D eigenvalue weighted by molar-refractivity contribution is -0.330. The van der Waals surface area contributed by atoms with Gasteiger partial charge >= 0.3 is 12.5 Å². The van der Waals surface area contributed by atoms with Gasteiger partial charge in [0, 0.05) is 23.2 Å². The molecule has 3 aromatic rings. The Morgan fingerprint density at radius 2 is 2.05 bits per heavy atom. The molecular weight excluding hydrogens is 524 g/mol. The molecule has 3 aromatic heterocycles. The Balaban J connectivity index is 1.30. The third kappa shape index (κ3) is 5.79. The average molecular weight is 547 g/mol. The van der Waals surface area contributed by atoms with Gasteiger partial charge < -0.3 is 15.4 Å². The van der Waals surface area contributed by atoms with E-state index in [1.54, 1.807) is 0 Å². The summed E-state index contributed by atoms with van der Waals surface area (Å²) in [4.78, 5) is 15.9. The number of hydrogen-bond acceptors (Lipinski definition) is 7. The van der Waals surface area contributed by atoms with Crippen LogP contribution in [0.5, 0.6) is 0 Å². The Labute approximate surface area is 211 Å². The molecule has 2 aliphatic carbocycles. The van der Waals surface area contributed by atoms with Crippen molar-refractivity contribution in [1.29, 1.82) is 0 Å². The highest BCUT2D eigenvalue weighted by Gasteiger charge is 2.43. The summed E-state index contributed by atoms with van der Waals surface area (Å²) in [5.74, 6) is -0.707. The van der Waals surface area contributed by atoms with E-state index in [-0.39, 0.29) is 28.4 Å². The number of carbonyl (C=O) groups excluding carboxylic acids is 1. The van der Waals surface area contributed by atoms with Crippen LogP contribution in [0.3, 0.4) is 0 Å². The van der Waals surface area contributed by atoms with Crippen LogP contribution in [-0.2, 0) is 16.1 Å². The van der Waals surface area contributed by atoms with Gasteiger partial charge in [-0.1, -0.05) is 0 Å². The first kappa shape index (κ1) is 26.1. The maximum Gasteiger partial charge on any atom is 0.522 e. The largest absolute Gasteiger partial charge is 0.522 e. The first-order valence-electron chi connectivity index (χ1n) is 11.7. The van der Waals surface area contributed by atoms with Crippen molar-refractivity contribution in [2.24, 2.45) is 0 Å². The summed E-state index contributed by atoms with van der Waals surface area (Å²) in [7, 11) is 0. The Hall–Kier alpha value is -3.56. The Bertz CT molecular complexity index is 1320. The van der Waals surface area contributed by atoms with Crippen molar-refractivity contribution in [2.75, 3.05) is 5.32 Å². The number of ether oxygens (including phenoxy) is 2. The van der Waals surface area contributed by atoms with Crippen LogP contribution in [0.25, 0.3) is 5.52 Å². The second kappa shape index (κ2) is 9.63. The fourth-order valence-corrected chi connectivity index (χ4v) is 4.29. The van der Waals surface area contributed by atoms with E-state index in [0.717, 1.165) is 23.6 Å². The second-order valence-electron chi connectivity index (χ2n) is 9.61. The van der Waals surface area contributed by atoms with E-state index >= 15 is 4.39 Å². The summed E-state index contributed by atoms with van der Waals surface area (Å²) < 4.78 is 89.1. The number of alkyl carbamates (subject to hydrolysis) is 1. The number of nitrogens with zero attached hydrogens (tertiary/aromatic N) is 4. The molecule has 5 rings (SSSR count). The van der Waals surface area contributed by atoms with Crippen molar-refractivity contribution < 1.29 is 40.6 Å². The standard InChI is InChI=1S/C22H23F6N7O3/c1-21(4-5-21)31-20(36)38-15-3-2-11(17(15)23)12-7-16(33-32-12)30-19-14-6-10(9-37-22(26,27)28)34-35(14)8-13(29-19)18(24)25/h6-8,11,15,17-18H,2-5,9H2,1H3,(H,31,36)(H2,29,30,32,33)/t11-,15-,17-/m1/s1. The van der Waals surface area contributed by atoms with Gasteiger partial charge in [0.05, 0.1) is 11.9 Å². The topological polar surface area (TPSA) is 118 Å². The van der Waals surface area contributed by atoms with Crippen molar-refractivity contribution in [1.82, 2.24) is 30.1 Å². The molecule has 0 bridgehead atoms. The fourth-order valence-electron chi connectivity index (χ4n) is 4.29. The van der Waals surface area contributed by atoms with Gasteiger partial charge in [0.25, 0.3) is 6.43 Å². The van der Waals surface area contributed by atoms with Crippen LogP contribution in [0.4, 0.5) is 42.8 Å². The molecule has 0 aliphatic heterocycles.